The van der Waals surface area contributed by atoms with E-state index in [1.165, 1.54) is 0 Å². The second-order valence-electron chi connectivity index (χ2n) is 2.17. The van der Waals surface area contributed by atoms with Crippen molar-refractivity contribution >= 4 is 17.3 Å². The number of nitrogens with zero attached hydrogens (tertiary/aromatic N) is 2. The van der Waals surface area contributed by atoms with E-state index in [9.17, 15) is 0 Å². The van der Waals surface area contributed by atoms with E-state index in [0.29, 0.717) is 18.1 Å². The highest BCUT2D eigenvalue weighted by Gasteiger charge is 1.99. The predicted octanol–water partition coefficient (Wildman–Crippen LogP) is 0.726. The third-order valence-corrected chi connectivity index (χ3v) is 1.69. The molecular formula is C7H13N3S. The molecule has 0 fully saturated rings. The minimum atomic E-state index is 0.516. The van der Waals surface area contributed by atoms with E-state index in [1.807, 2.05) is 18.9 Å². The molecule has 0 rings (SSSR count). The summed E-state index contributed by atoms with van der Waals surface area (Å²) in [6.07, 6.45) is 0.516. The summed E-state index contributed by atoms with van der Waals surface area (Å²) in [4.78, 5) is 1.86. The maximum absolute atomic E-state index is 8.29. The molecular weight excluding hydrogens is 158 g/mol. The molecule has 0 saturated carbocycles. The fraction of sp³-hybridized carbons (Fsp3) is 0.714. The first-order valence-electron chi connectivity index (χ1n) is 3.58. The molecule has 0 aliphatic heterocycles. The molecule has 0 bridgehead atoms. The van der Waals surface area contributed by atoms with Gasteiger partial charge in [0.25, 0.3) is 0 Å². The number of thiocarbonyl (C=S) groups is 1. The van der Waals surface area contributed by atoms with Gasteiger partial charge in [0, 0.05) is 20.1 Å². The quantitative estimate of drug-likeness (QED) is 0.635. The Bertz CT molecular complexity index is 162. The topological polar surface area (TPSA) is 39.1 Å². The molecule has 0 saturated heterocycles. The van der Waals surface area contributed by atoms with Gasteiger partial charge in [0.05, 0.1) is 12.5 Å². The summed E-state index contributed by atoms with van der Waals surface area (Å²) in [5.74, 6) is 0. The average Bonchev–Trinajstić information content (AvgIpc) is 2.00. The van der Waals surface area contributed by atoms with Crippen LogP contribution >= 0.6 is 12.2 Å². The van der Waals surface area contributed by atoms with Crippen molar-refractivity contribution in [3.63, 3.8) is 0 Å². The molecule has 0 aliphatic rings. The van der Waals surface area contributed by atoms with Crippen molar-refractivity contribution in [2.24, 2.45) is 0 Å². The van der Waals surface area contributed by atoms with Crippen LogP contribution in [0, 0.1) is 11.3 Å². The van der Waals surface area contributed by atoms with E-state index in [1.54, 1.807) is 0 Å². The fourth-order valence-electron chi connectivity index (χ4n) is 0.605. The Hall–Kier alpha value is -0.820. The van der Waals surface area contributed by atoms with Gasteiger partial charge in [-0.15, -0.1) is 0 Å². The highest BCUT2D eigenvalue weighted by molar-refractivity contribution is 7.80. The first-order chi connectivity index (χ1) is 5.22. The molecule has 0 heterocycles. The van der Waals surface area contributed by atoms with Gasteiger partial charge in [-0.05, 0) is 19.1 Å². The molecule has 11 heavy (non-hydrogen) atoms. The molecule has 0 aliphatic carbocycles. The number of nitrogens with one attached hydrogen (secondary N) is 1. The lowest BCUT2D eigenvalue weighted by molar-refractivity contribution is 0.506. The van der Waals surface area contributed by atoms with Gasteiger partial charge in [0.1, 0.15) is 0 Å². The van der Waals surface area contributed by atoms with Crippen molar-refractivity contribution in [2.45, 2.75) is 13.3 Å². The van der Waals surface area contributed by atoms with E-state index in [-0.39, 0.29) is 0 Å². The molecule has 1 N–H and O–H groups in total. The zero-order chi connectivity index (χ0) is 8.69. The summed E-state index contributed by atoms with van der Waals surface area (Å²) in [6.45, 7) is 3.52. The minimum absolute atomic E-state index is 0.516. The van der Waals surface area contributed by atoms with Gasteiger partial charge >= 0.3 is 0 Å². The Morgan fingerprint density at radius 3 is 2.82 bits per heavy atom. The number of nitriles is 1. The maximum atomic E-state index is 8.29. The van der Waals surface area contributed by atoms with Crippen LogP contribution in [0.1, 0.15) is 13.3 Å². The molecule has 0 spiro atoms. The van der Waals surface area contributed by atoms with Crippen LogP contribution < -0.4 is 5.32 Å². The standard InChI is InChI=1S/C7H13N3S/c1-3-9-7(11)10(2)6-4-5-8/h3-4,6H2,1-2H3,(H,9,11). The van der Waals surface area contributed by atoms with Crippen molar-refractivity contribution in [1.82, 2.24) is 10.2 Å². The van der Waals surface area contributed by atoms with Crippen LogP contribution in [0.5, 0.6) is 0 Å². The maximum Gasteiger partial charge on any atom is 0.168 e. The molecule has 0 atom stereocenters. The Balaban J connectivity index is 3.57. The summed E-state index contributed by atoms with van der Waals surface area (Å²) in [7, 11) is 1.88. The van der Waals surface area contributed by atoms with Crippen molar-refractivity contribution in [3.8, 4) is 6.07 Å². The summed E-state index contributed by atoms with van der Waals surface area (Å²) in [5, 5.41) is 12.0. The second kappa shape index (κ2) is 5.93. The molecule has 62 valence electrons. The molecule has 0 aromatic heterocycles. The third kappa shape index (κ3) is 4.57. The van der Waals surface area contributed by atoms with Crippen LogP contribution in [0.15, 0.2) is 0 Å². The van der Waals surface area contributed by atoms with Crippen LogP contribution in [-0.4, -0.2) is 30.1 Å². The summed E-state index contributed by atoms with van der Waals surface area (Å²) in [5.41, 5.74) is 0. The van der Waals surface area contributed by atoms with Gasteiger partial charge in [-0.25, -0.2) is 0 Å². The SMILES string of the molecule is CCNC(=S)N(C)CCC#N. The highest BCUT2D eigenvalue weighted by Crippen LogP contribution is 1.86. The van der Waals surface area contributed by atoms with Gasteiger partial charge in [0.15, 0.2) is 5.11 Å². The molecule has 0 amide bonds. The van der Waals surface area contributed by atoms with Crippen molar-refractivity contribution in [1.29, 1.82) is 5.26 Å². The zero-order valence-electron chi connectivity index (χ0n) is 6.92. The predicted molar refractivity (Wildman–Crippen MR) is 49.1 cm³/mol. The highest BCUT2D eigenvalue weighted by atomic mass is 32.1. The number of hydrogen-bond donors (Lipinski definition) is 1. The largest absolute Gasteiger partial charge is 0.363 e. The van der Waals surface area contributed by atoms with Crippen LogP contribution in [0.4, 0.5) is 0 Å². The molecule has 0 aromatic rings. The smallest absolute Gasteiger partial charge is 0.168 e. The first kappa shape index (κ1) is 10.2. The summed E-state index contributed by atoms with van der Waals surface area (Å²) >= 11 is 4.99. The third-order valence-electron chi connectivity index (χ3n) is 1.23. The lowest BCUT2D eigenvalue weighted by Gasteiger charge is -2.18. The lowest BCUT2D eigenvalue weighted by atomic mass is 10.4. The van der Waals surface area contributed by atoms with Crippen molar-refractivity contribution in [3.05, 3.63) is 0 Å². The normalized spacial score (nSPS) is 8.45. The van der Waals surface area contributed by atoms with Gasteiger partial charge in [-0.2, -0.15) is 5.26 Å². The summed E-state index contributed by atoms with van der Waals surface area (Å²) in [6, 6.07) is 2.07. The Morgan fingerprint density at radius 2 is 2.36 bits per heavy atom. The van der Waals surface area contributed by atoms with Crippen LogP contribution in [0.25, 0.3) is 0 Å². The van der Waals surface area contributed by atoms with Crippen LogP contribution in [-0.2, 0) is 0 Å². The van der Waals surface area contributed by atoms with E-state index in [4.69, 9.17) is 17.5 Å². The van der Waals surface area contributed by atoms with Crippen LogP contribution in [0.3, 0.4) is 0 Å². The van der Waals surface area contributed by atoms with Gasteiger partial charge < -0.3 is 10.2 Å². The number of rotatable bonds is 3. The minimum Gasteiger partial charge on any atom is -0.363 e. The van der Waals surface area contributed by atoms with Crippen molar-refractivity contribution < 1.29 is 0 Å². The number of hydrogen-bond acceptors (Lipinski definition) is 2. The van der Waals surface area contributed by atoms with Gasteiger partial charge in [0.2, 0.25) is 0 Å². The Labute approximate surface area is 73.0 Å². The fourth-order valence-corrected chi connectivity index (χ4v) is 0.841. The molecule has 0 radical (unpaired) electrons. The monoisotopic (exact) mass is 171 g/mol. The Kier molecular flexibility index (Phi) is 5.49. The molecule has 0 unspecified atom stereocenters. The van der Waals surface area contributed by atoms with E-state index < -0.39 is 0 Å². The van der Waals surface area contributed by atoms with E-state index >= 15 is 0 Å². The molecule has 0 aromatic carbocycles. The zero-order valence-corrected chi connectivity index (χ0v) is 7.74. The molecule has 4 heteroatoms. The summed E-state index contributed by atoms with van der Waals surface area (Å²) < 4.78 is 0. The lowest BCUT2D eigenvalue weighted by Crippen LogP contribution is -2.37. The average molecular weight is 171 g/mol. The van der Waals surface area contributed by atoms with Crippen molar-refractivity contribution in [2.75, 3.05) is 20.1 Å². The van der Waals surface area contributed by atoms with Crippen LogP contribution in [0.2, 0.25) is 0 Å². The van der Waals surface area contributed by atoms with Gasteiger partial charge in [-0.3, -0.25) is 0 Å². The van der Waals surface area contributed by atoms with E-state index in [0.717, 1.165) is 6.54 Å². The first-order valence-corrected chi connectivity index (χ1v) is 3.99. The Morgan fingerprint density at radius 1 is 1.73 bits per heavy atom. The second-order valence-corrected chi connectivity index (χ2v) is 2.55. The van der Waals surface area contributed by atoms with Gasteiger partial charge in [-0.1, -0.05) is 0 Å². The molecule has 3 nitrogen and oxygen atoms in total. The van der Waals surface area contributed by atoms with E-state index in [2.05, 4.69) is 11.4 Å².